The zero-order chi connectivity index (χ0) is 15.6. The van der Waals surface area contributed by atoms with Crippen molar-refractivity contribution in [1.82, 2.24) is 0 Å². The number of hydrogen-bond acceptors (Lipinski definition) is 3. The fourth-order valence-corrected chi connectivity index (χ4v) is 2.01. The summed E-state index contributed by atoms with van der Waals surface area (Å²) in [7, 11) is 0. The van der Waals surface area contributed by atoms with E-state index in [0.717, 1.165) is 30.6 Å². The third-order valence-electron chi connectivity index (χ3n) is 3.32. The molecule has 0 amide bonds. The van der Waals surface area contributed by atoms with Crippen LogP contribution in [0.25, 0.3) is 0 Å². The molecule has 0 saturated heterocycles. The molecule has 2 aromatic rings. The molecular weight excluding hydrogens is 276 g/mol. The lowest BCUT2D eigenvalue weighted by molar-refractivity contribution is 0.0509. The molecule has 2 aromatic carbocycles. The maximum atomic E-state index is 11.9. The van der Waals surface area contributed by atoms with E-state index in [1.54, 1.807) is 12.1 Å². The van der Waals surface area contributed by atoms with Gasteiger partial charge in [0, 0.05) is 6.42 Å². The van der Waals surface area contributed by atoms with E-state index in [9.17, 15) is 4.79 Å². The van der Waals surface area contributed by atoms with Crippen molar-refractivity contribution < 1.29 is 14.3 Å². The normalized spacial score (nSPS) is 10.2. The van der Waals surface area contributed by atoms with Crippen molar-refractivity contribution in [1.29, 1.82) is 0 Å². The molecule has 0 unspecified atom stereocenters. The van der Waals surface area contributed by atoms with E-state index < -0.39 is 0 Å². The van der Waals surface area contributed by atoms with Crippen LogP contribution in [0.1, 0.15) is 35.7 Å². The van der Waals surface area contributed by atoms with Crippen molar-refractivity contribution in [2.45, 2.75) is 26.2 Å². The van der Waals surface area contributed by atoms with Crippen molar-refractivity contribution in [2.24, 2.45) is 0 Å². The summed E-state index contributed by atoms with van der Waals surface area (Å²) in [6.07, 6.45) is 2.86. The van der Waals surface area contributed by atoms with Gasteiger partial charge in [-0.2, -0.15) is 0 Å². The van der Waals surface area contributed by atoms with Gasteiger partial charge >= 0.3 is 5.97 Å². The Balaban J connectivity index is 1.77. The highest BCUT2D eigenvalue weighted by molar-refractivity contribution is 5.89. The molecule has 0 spiro atoms. The summed E-state index contributed by atoms with van der Waals surface area (Å²) in [5.41, 5.74) is 1.71. The number of esters is 1. The van der Waals surface area contributed by atoms with Crippen LogP contribution in [0.2, 0.25) is 0 Å². The lowest BCUT2D eigenvalue weighted by Crippen LogP contribution is -2.08. The van der Waals surface area contributed by atoms with Gasteiger partial charge < -0.3 is 9.47 Å². The lowest BCUT2D eigenvalue weighted by Gasteiger charge is -2.07. The van der Waals surface area contributed by atoms with Crippen molar-refractivity contribution in [3.63, 3.8) is 0 Å². The standard InChI is InChI=1S/C19H22O3/c1-2-3-14-21-18-11-9-17(10-12-18)19(20)22-15-13-16-7-5-4-6-8-16/h4-12H,2-3,13-15H2,1H3. The molecule has 0 fully saturated rings. The van der Waals surface area contributed by atoms with E-state index in [1.807, 2.05) is 42.5 Å². The predicted octanol–water partition coefficient (Wildman–Crippen LogP) is 4.27. The lowest BCUT2D eigenvalue weighted by atomic mass is 10.2. The average molecular weight is 298 g/mol. The highest BCUT2D eigenvalue weighted by atomic mass is 16.5. The maximum Gasteiger partial charge on any atom is 0.338 e. The van der Waals surface area contributed by atoms with Crippen LogP contribution in [-0.4, -0.2) is 19.2 Å². The average Bonchev–Trinajstić information content (AvgIpc) is 2.56. The number of carbonyl (C=O) groups is 1. The maximum absolute atomic E-state index is 11.9. The summed E-state index contributed by atoms with van der Waals surface area (Å²) in [5, 5.41) is 0. The number of unbranched alkanes of at least 4 members (excludes halogenated alkanes) is 1. The molecule has 22 heavy (non-hydrogen) atoms. The molecule has 2 rings (SSSR count). The van der Waals surface area contributed by atoms with Crippen molar-refractivity contribution in [3.8, 4) is 5.75 Å². The zero-order valence-corrected chi connectivity index (χ0v) is 13.0. The smallest absolute Gasteiger partial charge is 0.338 e. The van der Waals surface area contributed by atoms with Gasteiger partial charge in [0.1, 0.15) is 5.75 Å². The topological polar surface area (TPSA) is 35.5 Å². The first kappa shape index (κ1) is 16.1. The Hall–Kier alpha value is -2.29. The van der Waals surface area contributed by atoms with Gasteiger partial charge in [0.05, 0.1) is 18.8 Å². The van der Waals surface area contributed by atoms with Crippen LogP contribution in [0.5, 0.6) is 5.75 Å². The van der Waals surface area contributed by atoms with Crippen LogP contribution >= 0.6 is 0 Å². The minimum Gasteiger partial charge on any atom is -0.494 e. The second-order valence-electron chi connectivity index (χ2n) is 5.10. The molecule has 0 aliphatic carbocycles. The van der Waals surface area contributed by atoms with Crippen molar-refractivity contribution >= 4 is 5.97 Å². The number of carbonyl (C=O) groups excluding carboxylic acids is 1. The SMILES string of the molecule is CCCCOc1ccc(C(=O)OCCc2ccccc2)cc1. The van der Waals surface area contributed by atoms with E-state index >= 15 is 0 Å². The Kier molecular flexibility index (Phi) is 6.49. The molecule has 0 N–H and O–H groups in total. The van der Waals surface area contributed by atoms with E-state index in [0.29, 0.717) is 18.8 Å². The molecular formula is C19H22O3. The van der Waals surface area contributed by atoms with Crippen LogP contribution in [0.15, 0.2) is 54.6 Å². The van der Waals surface area contributed by atoms with Crippen LogP contribution in [0.4, 0.5) is 0 Å². The van der Waals surface area contributed by atoms with Crippen LogP contribution < -0.4 is 4.74 Å². The van der Waals surface area contributed by atoms with Gasteiger partial charge in [-0.25, -0.2) is 4.79 Å². The molecule has 0 radical (unpaired) electrons. The van der Waals surface area contributed by atoms with Crippen LogP contribution in [0.3, 0.4) is 0 Å². The second-order valence-corrected chi connectivity index (χ2v) is 5.10. The van der Waals surface area contributed by atoms with Gasteiger partial charge in [0.15, 0.2) is 0 Å². The third kappa shape index (κ3) is 5.24. The molecule has 0 saturated carbocycles. The fourth-order valence-electron chi connectivity index (χ4n) is 2.01. The predicted molar refractivity (Wildman–Crippen MR) is 87.3 cm³/mol. The minimum atomic E-state index is -0.295. The van der Waals surface area contributed by atoms with E-state index in [2.05, 4.69) is 6.92 Å². The summed E-state index contributed by atoms with van der Waals surface area (Å²) in [6, 6.07) is 17.1. The summed E-state index contributed by atoms with van der Waals surface area (Å²) in [5.74, 6) is 0.491. The number of benzene rings is 2. The van der Waals surface area contributed by atoms with Gasteiger partial charge in [-0.1, -0.05) is 43.7 Å². The molecule has 116 valence electrons. The van der Waals surface area contributed by atoms with Gasteiger partial charge in [-0.15, -0.1) is 0 Å². The summed E-state index contributed by atoms with van der Waals surface area (Å²) < 4.78 is 10.9. The van der Waals surface area contributed by atoms with Gasteiger partial charge in [-0.3, -0.25) is 0 Å². The molecule has 3 heteroatoms. The molecule has 0 aliphatic heterocycles. The van der Waals surface area contributed by atoms with Gasteiger partial charge in [0.25, 0.3) is 0 Å². The number of ether oxygens (including phenoxy) is 2. The first-order valence-electron chi connectivity index (χ1n) is 7.73. The Labute approximate surface area is 131 Å². The van der Waals surface area contributed by atoms with Gasteiger partial charge in [0.2, 0.25) is 0 Å². The Morgan fingerprint density at radius 2 is 1.68 bits per heavy atom. The number of hydrogen-bond donors (Lipinski definition) is 0. The largest absolute Gasteiger partial charge is 0.494 e. The van der Waals surface area contributed by atoms with Gasteiger partial charge in [-0.05, 0) is 36.2 Å². The Bertz CT molecular complexity index is 561. The molecule has 0 atom stereocenters. The van der Waals surface area contributed by atoms with Crippen LogP contribution in [0, 0.1) is 0 Å². The monoisotopic (exact) mass is 298 g/mol. The molecule has 0 heterocycles. The molecule has 3 nitrogen and oxygen atoms in total. The van der Waals surface area contributed by atoms with Crippen molar-refractivity contribution in [2.75, 3.05) is 13.2 Å². The Morgan fingerprint density at radius 1 is 0.955 bits per heavy atom. The highest BCUT2D eigenvalue weighted by Gasteiger charge is 2.07. The summed E-state index contributed by atoms with van der Waals surface area (Å²) >= 11 is 0. The molecule has 0 aromatic heterocycles. The Morgan fingerprint density at radius 3 is 2.36 bits per heavy atom. The third-order valence-corrected chi connectivity index (χ3v) is 3.32. The number of rotatable bonds is 8. The second kappa shape index (κ2) is 8.88. The minimum absolute atomic E-state index is 0.295. The first-order chi connectivity index (χ1) is 10.8. The van der Waals surface area contributed by atoms with Crippen molar-refractivity contribution in [3.05, 3.63) is 65.7 Å². The fraction of sp³-hybridized carbons (Fsp3) is 0.316. The first-order valence-corrected chi connectivity index (χ1v) is 7.73. The molecule has 0 bridgehead atoms. The van der Waals surface area contributed by atoms with Crippen LogP contribution in [-0.2, 0) is 11.2 Å². The quantitative estimate of drug-likeness (QED) is 0.539. The zero-order valence-electron chi connectivity index (χ0n) is 13.0. The van der Waals surface area contributed by atoms with E-state index in [4.69, 9.17) is 9.47 Å². The van der Waals surface area contributed by atoms with E-state index in [1.165, 1.54) is 0 Å². The highest BCUT2D eigenvalue weighted by Crippen LogP contribution is 2.13. The van der Waals surface area contributed by atoms with E-state index in [-0.39, 0.29) is 5.97 Å². The molecule has 0 aliphatic rings. The summed E-state index contributed by atoms with van der Waals surface area (Å²) in [4.78, 5) is 11.9. The summed E-state index contributed by atoms with van der Waals surface area (Å²) in [6.45, 7) is 3.22.